The van der Waals surface area contributed by atoms with E-state index < -0.39 is 0 Å². The molecule has 1 amide bonds. The molecule has 1 aromatic heterocycles. The summed E-state index contributed by atoms with van der Waals surface area (Å²) in [5.74, 6) is 0. The number of carbonyl (C=O) groups excluding carboxylic acids is 1. The number of nitrogens with zero attached hydrogens (tertiary/aromatic N) is 1. The lowest BCUT2D eigenvalue weighted by atomic mass is 10.2. The van der Waals surface area contributed by atoms with Crippen LogP contribution in [-0.4, -0.2) is 25.2 Å². The number of methoxy groups -OCH3 is 1. The summed E-state index contributed by atoms with van der Waals surface area (Å²) in [5, 5.41) is 2.00. The van der Waals surface area contributed by atoms with Gasteiger partial charge >= 0.3 is 6.09 Å². The Morgan fingerprint density at radius 1 is 1.69 bits per heavy atom. The highest BCUT2D eigenvalue weighted by molar-refractivity contribution is 7.10. The van der Waals surface area contributed by atoms with Crippen molar-refractivity contribution in [2.45, 2.75) is 13.0 Å². The molecule has 0 aliphatic heterocycles. The second-order valence-corrected chi connectivity index (χ2v) is 3.75. The van der Waals surface area contributed by atoms with Gasteiger partial charge in [0, 0.05) is 11.9 Å². The van der Waals surface area contributed by atoms with Crippen LogP contribution in [-0.2, 0) is 4.74 Å². The standard InChI is InChI=1S/C9H13NO2S/c1-7(8-5-4-6-13-8)10(2)9(11)12-3/h4-7H,1-3H3. The molecule has 0 aliphatic carbocycles. The van der Waals surface area contributed by atoms with Crippen LogP contribution < -0.4 is 0 Å². The van der Waals surface area contributed by atoms with Crippen LogP contribution >= 0.6 is 11.3 Å². The number of hydrogen-bond acceptors (Lipinski definition) is 3. The highest BCUT2D eigenvalue weighted by atomic mass is 32.1. The normalized spacial score (nSPS) is 12.2. The average molecular weight is 199 g/mol. The van der Waals surface area contributed by atoms with Crippen LogP contribution in [0.25, 0.3) is 0 Å². The van der Waals surface area contributed by atoms with Gasteiger partial charge in [-0.3, -0.25) is 0 Å². The zero-order valence-corrected chi connectivity index (χ0v) is 8.80. The molecule has 1 unspecified atom stereocenters. The van der Waals surface area contributed by atoms with E-state index in [1.807, 2.05) is 24.4 Å². The molecule has 0 aromatic carbocycles. The maximum atomic E-state index is 11.2. The van der Waals surface area contributed by atoms with E-state index in [1.54, 1.807) is 23.3 Å². The molecule has 0 N–H and O–H groups in total. The quantitative estimate of drug-likeness (QED) is 0.732. The van der Waals surface area contributed by atoms with Gasteiger partial charge in [-0.1, -0.05) is 6.07 Å². The Bertz CT molecular complexity index is 271. The molecule has 72 valence electrons. The van der Waals surface area contributed by atoms with Gasteiger partial charge in [-0.05, 0) is 18.4 Å². The molecule has 0 saturated carbocycles. The number of thiophene rings is 1. The highest BCUT2D eigenvalue weighted by Gasteiger charge is 2.17. The van der Waals surface area contributed by atoms with Gasteiger partial charge < -0.3 is 9.64 Å². The zero-order chi connectivity index (χ0) is 9.84. The largest absolute Gasteiger partial charge is 0.453 e. The fraction of sp³-hybridized carbons (Fsp3) is 0.444. The Morgan fingerprint density at radius 2 is 2.38 bits per heavy atom. The molecule has 0 saturated heterocycles. The number of carbonyl (C=O) groups is 1. The predicted octanol–water partition coefficient (Wildman–Crippen LogP) is 2.51. The maximum absolute atomic E-state index is 11.2. The minimum Gasteiger partial charge on any atom is -0.453 e. The molecule has 1 rings (SSSR count). The van der Waals surface area contributed by atoms with Crippen LogP contribution in [0.1, 0.15) is 17.8 Å². The molecular formula is C9H13NO2S. The van der Waals surface area contributed by atoms with Crippen LogP contribution in [0.15, 0.2) is 17.5 Å². The smallest absolute Gasteiger partial charge is 0.409 e. The second kappa shape index (κ2) is 4.28. The summed E-state index contributed by atoms with van der Waals surface area (Å²) in [6.07, 6.45) is -0.305. The first kappa shape index (κ1) is 10.1. The summed E-state index contributed by atoms with van der Waals surface area (Å²) in [5.41, 5.74) is 0. The predicted molar refractivity (Wildman–Crippen MR) is 52.9 cm³/mol. The molecule has 0 bridgehead atoms. The van der Waals surface area contributed by atoms with Crippen molar-refractivity contribution >= 4 is 17.4 Å². The topological polar surface area (TPSA) is 29.5 Å². The van der Waals surface area contributed by atoms with E-state index in [0.717, 1.165) is 4.88 Å². The van der Waals surface area contributed by atoms with E-state index in [0.29, 0.717) is 0 Å². The third-order valence-electron chi connectivity index (χ3n) is 2.00. The van der Waals surface area contributed by atoms with Gasteiger partial charge in [0.2, 0.25) is 0 Å². The minimum absolute atomic E-state index is 0.0763. The summed E-state index contributed by atoms with van der Waals surface area (Å²) in [7, 11) is 3.12. The van der Waals surface area contributed by atoms with Crippen molar-refractivity contribution in [1.29, 1.82) is 0 Å². The van der Waals surface area contributed by atoms with Crippen molar-refractivity contribution in [2.75, 3.05) is 14.2 Å². The van der Waals surface area contributed by atoms with Crippen molar-refractivity contribution in [3.63, 3.8) is 0 Å². The summed E-state index contributed by atoms with van der Waals surface area (Å²) in [6, 6.07) is 4.06. The zero-order valence-electron chi connectivity index (χ0n) is 7.98. The number of hydrogen-bond donors (Lipinski definition) is 0. The first-order valence-corrected chi connectivity index (χ1v) is 4.89. The minimum atomic E-state index is -0.305. The summed E-state index contributed by atoms with van der Waals surface area (Å²) >= 11 is 1.64. The van der Waals surface area contributed by atoms with Gasteiger partial charge in [-0.15, -0.1) is 11.3 Å². The van der Waals surface area contributed by atoms with Gasteiger partial charge in [0.05, 0.1) is 13.2 Å². The van der Waals surface area contributed by atoms with Crippen molar-refractivity contribution < 1.29 is 9.53 Å². The highest BCUT2D eigenvalue weighted by Crippen LogP contribution is 2.23. The van der Waals surface area contributed by atoms with Crippen LogP contribution in [0.3, 0.4) is 0 Å². The molecule has 13 heavy (non-hydrogen) atoms. The third-order valence-corrected chi connectivity index (χ3v) is 3.04. The van der Waals surface area contributed by atoms with Crippen molar-refractivity contribution in [2.24, 2.45) is 0 Å². The molecule has 0 fully saturated rings. The lowest BCUT2D eigenvalue weighted by molar-refractivity contribution is 0.121. The Labute approximate surface area is 81.9 Å². The molecule has 0 radical (unpaired) electrons. The Morgan fingerprint density at radius 3 is 2.85 bits per heavy atom. The van der Waals surface area contributed by atoms with Crippen LogP contribution in [0, 0.1) is 0 Å². The number of amides is 1. The summed E-state index contributed by atoms with van der Waals surface area (Å²) in [4.78, 5) is 13.9. The lowest BCUT2D eigenvalue weighted by Crippen LogP contribution is -2.28. The van der Waals surface area contributed by atoms with E-state index in [1.165, 1.54) is 7.11 Å². The molecule has 0 spiro atoms. The van der Waals surface area contributed by atoms with Crippen molar-refractivity contribution in [3.05, 3.63) is 22.4 Å². The lowest BCUT2D eigenvalue weighted by Gasteiger charge is -2.22. The van der Waals surface area contributed by atoms with Gasteiger partial charge in [0.25, 0.3) is 0 Å². The summed E-state index contributed by atoms with van der Waals surface area (Å²) in [6.45, 7) is 1.97. The SMILES string of the molecule is COC(=O)N(C)C(C)c1cccs1. The van der Waals surface area contributed by atoms with E-state index in [-0.39, 0.29) is 12.1 Å². The second-order valence-electron chi connectivity index (χ2n) is 2.77. The van der Waals surface area contributed by atoms with Crippen LogP contribution in [0.4, 0.5) is 4.79 Å². The fourth-order valence-corrected chi connectivity index (χ4v) is 1.85. The van der Waals surface area contributed by atoms with Gasteiger partial charge in [0.15, 0.2) is 0 Å². The summed E-state index contributed by atoms with van der Waals surface area (Å²) < 4.78 is 4.62. The van der Waals surface area contributed by atoms with E-state index in [4.69, 9.17) is 0 Å². The Kier molecular flexibility index (Phi) is 3.31. The van der Waals surface area contributed by atoms with Crippen LogP contribution in [0.5, 0.6) is 0 Å². The average Bonchev–Trinajstić information content (AvgIpc) is 2.67. The Balaban J connectivity index is 2.68. The molecule has 1 atom stereocenters. The van der Waals surface area contributed by atoms with E-state index in [2.05, 4.69) is 4.74 Å². The Hall–Kier alpha value is -1.03. The number of ether oxygens (including phenoxy) is 1. The molecule has 4 heteroatoms. The molecule has 0 aliphatic rings. The van der Waals surface area contributed by atoms with Crippen LogP contribution in [0.2, 0.25) is 0 Å². The molecule has 1 aromatic rings. The van der Waals surface area contributed by atoms with Crippen molar-refractivity contribution in [3.8, 4) is 0 Å². The molecule has 1 heterocycles. The molecule has 3 nitrogen and oxygen atoms in total. The van der Waals surface area contributed by atoms with Gasteiger partial charge in [-0.25, -0.2) is 4.79 Å². The third kappa shape index (κ3) is 2.21. The molecular weight excluding hydrogens is 186 g/mol. The van der Waals surface area contributed by atoms with E-state index in [9.17, 15) is 4.79 Å². The fourth-order valence-electron chi connectivity index (χ4n) is 1.02. The van der Waals surface area contributed by atoms with Gasteiger partial charge in [-0.2, -0.15) is 0 Å². The first-order valence-electron chi connectivity index (χ1n) is 4.01. The number of rotatable bonds is 2. The maximum Gasteiger partial charge on any atom is 0.409 e. The van der Waals surface area contributed by atoms with E-state index >= 15 is 0 Å². The van der Waals surface area contributed by atoms with Gasteiger partial charge in [0.1, 0.15) is 0 Å². The van der Waals surface area contributed by atoms with Crippen molar-refractivity contribution in [1.82, 2.24) is 4.90 Å². The monoisotopic (exact) mass is 199 g/mol. The first-order chi connectivity index (χ1) is 6.16.